The molecule has 0 aromatic rings. The highest BCUT2D eigenvalue weighted by molar-refractivity contribution is 5.73. The molecule has 0 unspecified atom stereocenters. The van der Waals surface area contributed by atoms with Gasteiger partial charge in [0.05, 0.1) is 0 Å². The first-order valence-electron chi connectivity index (χ1n) is 7.71. The van der Waals surface area contributed by atoms with Crippen molar-refractivity contribution in [2.24, 2.45) is 29.0 Å². The molecule has 0 aliphatic rings. The second-order valence-electron chi connectivity index (χ2n) is 6.61. The largest absolute Gasteiger partial charge is 0.442 e. The van der Waals surface area contributed by atoms with Crippen molar-refractivity contribution >= 4 is 18.1 Å². The molecule has 8 nitrogen and oxygen atoms in total. The van der Waals surface area contributed by atoms with E-state index in [2.05, 4.69) is 0 Å². The van der Waals surface area contributed by atoms with Crippen LogP contribution in [0.2, 0.25) is 0 Å². The van der Waals surface area contributed by atoms with Gasteiger partial charge in [0, 0.05) is 6.42 Å². The highest BCUT2D eigenvalue weighted by Crippen LogP contribution is 2.36. The first-order valence-corrected chi connectivity index (χ1v) is 7.71. The van der Waals surface area contributed by atoms with Crippen molar-refractivity contribution in [3.8, 4) is 0 Å². The quantitative estimate of drug-likeness (QED) is 0.556. The Morgan fingerprint density at radius 3 is 1.70 bits per heavy atom. The molecular weight excluding hydrogens is 302 g/mol. The zero-order chi connectivity index (χ0) is 18.2. The van der Waals surface area contributed by atoms with E-state index >= 15 is 0 Å². The lowest BCUT2D eigenvalue weighted by atomic mass is 9.79. The lowest BCUT2D eigenvalue weighted by Gasteiger charge is -2.41. The molecule has 0 rings (SSSR count). The second kappa shape index (κ2) is 9.22. The van der Waals surface area contributed by atoms with Crippen LogP contribution in [-0.4, -0.2) is 29.8 Å². The Morgan fingerprint density at radius 1 is 0.913 bits per heavy atom. The van der Waals surface area contributed by atoms with Crippen molar-refractivity contribution in [1.29, 1.82) is 0 Å². The van der Waals surface area contributed by atoms with Crippen LogP contribution in [0.3, 0.4) is 0 Å². The van der Waals surface area contributed by atoms with Gasteiger partial charge < -0.3 is 26.7 Å². The van der Waals surface area contributed by atoms with E-state index in [1.807, 2.05) is 27.7 Å². The van der Waals surface area contributed by atoms with Crippen LogP contribution >= 0.6 is 0 Å². The number of carbonyl (C=O) groups is 3. The van der Waals surface area contributed by atoms with E-state index in [0.29, 0.717) is 12.8 Å². The summed E-state index contributed by atoms with van der Waals surface area (Å²) in [5.41, 5.74) is 14.4. The molecule has 0 aliphatic carbocycles. The van der Waals surface area contributed by atoms with Crippen molar-refractivity contribution < 1.29 is 23.9 Å². The molecule has 23 heavy (non-hydrogen) atoms. The summed E-state index contributed by atoms with van der Waals surface area (Å²) >= 11 is 0. The zero-order valence-corrected chi connectivity index (χ0v) is 14.3. The zero-order valence-electron chi connectivity index (χ0n) is 14.3. The van der Waals surface area contributed by atoms with Crippen molar-refractivity contribution in [2.75, 3.05) is 0 Å². The van der Waals surface area contributed by atoms with Crippen molar-refractivity contribution in [3.05, 3.63) is 0 Å². The fourth-order valence-corrected chi connectivity index (χ4v) is 2.92. The van der Waals surface area contributed by atoms with Gasteiger partial charge in [0.15, 0.2) is 5.60 Å². The third kappa shape index (κ3) is 8.27. The SMILES string of the molecule is CC(C)CC(CC(C)C)(OC(N)=O)[C@H](CCC(N)=O)OC(N)=O. The molecule has 0 aliphatic heterocycles. The van der Waals surface area contributed by atoms with Crippen molar-refractivity contribution in [3.63, 3.8) is 0 Å². The standard InChI is InChI=1S/C15H29N3O5/c1-9(2)7-15(8-10(3)4,23-14(18)21)11(22-13(17)20)5-6-12(16)19/h9-11H,5-8H2,1-4H3,(H2,16,19)(H2,17,20)(H2,18,21)/t11-/m0/s1. The van der Waals surface area contributed by atoms with Gasteiger partial charge in [-0.05, 0) is 31.1 Å². The third-order valence-corrected chi connectivity index (χ3v) is 3.31. The number of hydrogen-bond acceptors (Lipinski definition) is 5. The number of primary amides is 3. The summed E-state index contributed by atoms with van der Waals surface area (Å²) in [4.78, 5) is 33.8. The highest BCUT2D eigenvalue weighted by Gasteiger charge is 2.45. The van der Waals surface area contributed by atoms with Gasteiger partial charge >= 0.3 is 12.2 Å². The first kappa shape index (κ1) is 21.0. The van der Waals surface area contributed by atoms with Crippen LogP contribution in [0, 0.1) is 11.8 Å². The van der Waals surface area contributed by atoms with Gasteiger partial charge in [-0.1, -0.05) is 27.7 Å². The summed E-state index contributed by atoms with van der Waals surface area (Å²) in [5.74, 6) is -0.300. The highest BCUT2D eigenvalue weighted by atomic mass is 16.6. The lowest BCUT2D eigenvalue weighted by Crippen LogP contribution is -2.52. The Labute approximate surface area is 137 Å². The molecule has 0 saturated heterocycles. The average Bonchev–Trinajstić information content (AvgIpc) is 2.30. The Hall–Kier alpha value is -1.99. The van der Waals surface area contributed by atoms with E-state index in [1.54, 1.807) is 0 Å². The van der Waals surface area contributed by atoms with Gasteiger partial charge in [-0.2, -0.15) is 0 Å². The van der Waals surface area contributed by atoms with Crippen LogP contribution in [0.4, 0.5) is 9.59 Å². The Bertz CT molecular complexity index is 413. The normalized spacial score (nSPS) is 13.0. The summed E-state index contributed by atoms with van der Waals surface area (Å²) in [6.45, 7) is 7.76. The molecule has 0 fully saturated rings. The van der Waals surface area contributed by atoms with Gasteiger partial charge in [0.25, 0.3) is 0 Å². The summed E-state index contributed by atoms with van der Waals surface area (Å²) < 4.78 is 10.6. The molecule has 0 spiro atoms. The van der Waals surface area contributed by atoms with Gasteiger partial charge in [0.1, 0.15) is 6.10 Å². The predicted octanol–water partition coefficient (Wildman–Crippen LogP) is 1.64. The summed E-state index contributed by atoms with van der Waals surface area (Å²) in [6, 6.07) is 0. The number of carbonyl (C=O) groups excluding carboxylic acids is 3. The number of rotatable bonds is 10. The van der Waals surface area contributed by atoms with Crippen LogP contribution in [0.25, 0.3) is 0 Å². The summed E-state index contributed by atoms with van der Waals surface area (Å²) in [7, 11) is 0. The number of nitrogens with two attached hydrogens (primary N) is 3. The molecule has 0 radical (unpaired) electrons. The van der Waals surface area contributed by atoms with E-state index in [9.17, 15) is 14.4 Å². The fourth-order valence-electron chi connectivity index (χ4n) is 2.92. The molecule has 0 bridgehead atoms. The van der Waals surface area contributed by atoms with E-state index in [1.165, 1.54) is 0 Å². The Balaban J connectivity index is 5.73. The average molecular weight is 331 g/mol. The van der Waals surface area contributed by atoms with Crippen LogP contribution in [0.15, 0.2) is 0 Å². The number of amides is 3. The molecule has 6 N–H and O–H groups in total. The first-order chi connectivity index (χ1) is 10.5. The molecule has 0 heterocycles. The van der Waals surface area contributed by atoms with Crippen molar-refractivity contribution in [1.82, 2.24) is 0 Å². The molecule has 0 aromatic heterocycles. The fraction of sp³-hybridized carbons (Fsp3) is 0.800. The second-order valence-corrected chi connectivity index (χ2v) is 6.61. The lowest BCUT2D eigenvalue weighted by molar-refractivity contribution is -0.123. The molecule has 3 amide bonds. The van der Waals surface area contributed by atoms with Gasteiger partial charge in [-0.15, -0.1) is 0 Å². The minimum atomic E-state index is -1.15. The van der Waals surface area contributed by atoms with E-state index in [-0.39, 0.29) is 24.7 Å². The molecule has 8 heteroatoms. The summed E-state index contributed by atoms with van der Waals surface area (Å²) in [6.07, 6.45) is -1.99. The number of ether oxygens (including phenoxy) is 2. The summed E-state index contributed by atoms with van der Waals surface area (Å²) in [5, 5.41) is 0. The molecule has 134 valence electrons. The maximum absolute atomic E-state index is 11.4. The maximum atomic E-state index is 11.4. The van der Waals surface area contributed by atoms with Crippen LogP contribution in [0.1, 0.15) is 53.4 Å². The molecule has 1 atom stereocenters. The minimum Gasteiger partial charge on any atom is -0.442 e. The van der Waals surface area contributed by atoms with E-state index in [4.69, 9.17) is 26.7 Å². The smallest absolute Gasteiger partial charge is 0.405 e. The molecule has 0 saturated carbocycles. The van der Waals surface area contributed by atoms with Crippen LogP contribution in [-0.2, 0) is 14.3 Å². The Kier molecular flexibility index (Phi) is 8.42. The Morgan fingerprint density at radius 2 is 1.39 bits per heavy atom. The molecule has 0 aromatic carbocycles. The minimum absolute atomic E-state index is 0.0298. The van der Waals surface area contributed by atoms with Gasteiger partial charge in [0.2, 0.25) is 5.91 Å². The van der Waals surface area contributed by atoms with E-state index < -0.39 is 29.8 Å². The molecular formula is C15H29N3O5. The number of hydrogen-bond donors (Lipinski definition) is 3. The maximum Gasteiger partial charge on any atom is 0.405 e. The third-order valence-electron chi connectivity index (χ3n) is 3.31. The van der Waals surface area contributed by atoms with Crippen LogP contribution < -0.4 is 17.2 Å². The predicted molar refractivity (Wildman–Crippen MR) is 85.2 cm³/mol. The van der Waals surface area contributed by atoms with E-state index in [0.717, 1.165) is 0 Å². The van der Waals surface area contributed by atoms with Crippen molar-refractivity contribution in [2.45, 2.75) is 65.1 Å². The topological polar surface area (TPSA) is 148 Å². The van der Waals surface area contributed by atoms with Crippen LogP contribution in [0.5, 0.6) is 0 Å². The van der Waals surface area contributed by atoms with Gasteiger partial charge in [-0.25, -0.2) is 9.59 Å². The van der Waals surface area contributed by atoms with Gasteiger partial charge in [-0.3, -0.25) is 4.79 Å². The monoisotopic (exact) mass is 331 g/mol.